The smallest absolute Gasteiger partial charge is 0.302 e. The van der Waals surface area contributed by atoms with Crippen molar-refractivity contribution in [2.75, 3.05) is 6.61 Å². The van der Waals surface area contributed by atoms with Gasteiger partial charge >= 0.3 is 11.9 Å². The van der Waals surface area contributed by atoms with Crippen molar-refractivity contribution >= 4 is 11.9 Å². The Morgan fingerprint density at radius 1 is 1.18 bits per heavy atom. The van der Waals surface area contributed by atoms with Gasteiger partial charge in [0, 0.05) is 19.3 Å². The van der Waals surface area contributed by atoms with E-state index in [1.807, 2.05) is 6.08 Å². The lowest BCUT2D eigenvalue weighted by atomic mass is 9.47. The zero-order valence-electron chi connectivity index (χ0n) is 18.8. The van der Waals surface area contributed by atoms with Crippen molar-refractivity contribution in [1.82, 2.24) is 0 Å². The molecule has 0 aromatic heterocycles. The molecule has 0 heterocycles. The summed E-state index contributed by atoms with van der Waals surface area (Å²) in [5.74, 6) is 0.615. The van der Waals surface area contributed by atoms with Gasteiger partial charge in [-0.25, -0.2) is 0 Å². The summed E-state index contributed by atoms with van der Waals surface area (Å²) < 4.78 is 10.7. The van der Waals surface area contributed by atoms with E-state index in [-0.39, 0.29) is 28.9 Å². The SMILES string of the molecule is CC(=O)OC/C=C(\C)CC[C@H]1C(C)=CC[C@H]2C(C)(C)[C@@H](OC(C)=O)CC[C@]12C. The van der Waals surface area contributed by atoms with Gasteiger partial charge in [-0.1, -0.05) is 38.0 Å². The molecule has 2 aliphatic rings. The minimum atomic E-state index is -0.239. The minimum Gasteiger partial charge on any atom is -0.462 e. The Morgan fingerprint density at radius 3 is 2.46 bits per heavy atom. The van der Waals surface area contributed by atoms with Crippen molar-refractivity contribution in [1.29, 1.82) is 0 Å². The van der Waals surface area contributed by atoms with Gasteiger partial charge in [0.1, 0.15) is 12.7 Å². The fourth-order valence-electron chi connectivity index (χ4n) is 5.76. The van der Waals surface area contributed by atoms with E-state index in [1.165, 1.54) is 25.0 Å². The molecule has 158 valence electrons. The zero-order valence-corrected chi connectivity index (χ0v) is 18.8. The maximum Gasteiger partial charge on any atom is 0.302 e. The predicted molar refractivity (Wildman–Crippen MR) is 112 cm³/mol. The van der Waals surface area contributed by atoms with Crippen molar-refractivity contribution in [3.63, 3.8) is 0 Å². The van der Waals surface area contributed by atoms with Crippen molar-refractivity contribution in [2.45, 2.75) is 86.7 Å². The molecule has 0 N–H and O–H groups in total. The molecule has 0 radical (unpaired) electrons. The number of esters is 2. The Bertz CT molecular complexity index is 658. The molecule has 2 rings (SSSR count). The standard InChI is InChI=1S/C24H38O4/c1-16(13-15-27-18(3)25)8-10-20-17(2)9-11-21-23(5,6)22(28-19(4)26)12-14-24(20,21)7/h9,13,20-22H,8,10-12,14-15H2,1-7H3/b16-13+/t20-,21-,22-,24+/m0/s1. The number of rotatable bonds is 6. The fourth-order valence-corrected chi connectivity index (χ4v) is 5.76. The maximum atomic E-state index is 11.6. The summed E-state index contributed by atoms with van der Waals surface area (Å²) in [5, 5.41) is 0. The second-order valence-electron chi connectivity index (χ2n) is 9.64. The lowest BCUT2D eigenvalue weighted by Crippen LogP contribution is -2.55. The van der Waals surface area contributed by atoms with Crippen LogP contribution in [-0.4, -0.2) is 24.6 Å². The second-order valence-corrected chi connectivity index (χ2v) is 9.64. The van der Waals surface area contributed by atoms with E-state index >= 15 is 0 Å². The van der Waals surface area contributed by atoms with Crippen LogP contribution >= 0.6 is 0 Å². The number of carbonyl (C=O) groups excluding carboxylic acids is 2. The number of carbonyl (C=O) groups is 2. The van der Waals surface area contributed by atoms with Gasteiger partial charge in [-0.2, -0.15) is 0 Å². The second kappa shape index (κ2) is 8.84. The topological polar surface area (TPSA) is 52.6 Å². The summed E-state index contributed by atoms with van der Waals surface area (Å²) in [6, 6.07) is 0. The maximum absolute atomic E-state index is 11.6. The third kappa shape index (κ3) is 4.87. The molecule has 4 nitrogen and oxygen atoms in total. The molecule has 1 saturated carbocycles. The van der Waals surface area contributed by atoms with Crippen molar-refractivity contribution in [3.8, 4) is 0 Å². The quantitative estimate of drug-likeness (QED) is 0.436. The van der Waals surface area contributed by atoms with Crippen LogP contribution in [0.3, 0.4) is 0 Å². The highest BCUT2D eigenvalue weighted by Gasteiger charge is 2.56. The van der Waals surface area contributed by atoms with Crippen LogP contribution in [0.1, 0.15) is 80.6 Å². The molecule has 2 aliphatic carbocycles. The highest BCUT2D eigenvalue weighted by atomic mass is 16.5. The predicted octanol–water partition coefficient (Wildman–Crippen LogP) is 5.62. The average molecular weight is 391 g/mol. The van der Waals surface area contributed by atoms with Gasteiger partial charge in [-0.05, 0) is 69.3 Å². The van der Waals surface area contributed by atoms with E-state index in [0.717, 1.165) is 32.1 Å². The molecule has 4 atom stereocenters. The molecule has 0 aromatic carbocycles. The minimum absolute atomic E-state index is 0.000827. The third-order valence-corrected chi connectivity index (χ3v) is 7.34. The number of hydrogen-bond acceptors (Lipinski definition) is 4. The Hall–Kier alpha value is -1.58. The van der Waals surface area contributed by atoms with Gasteiger partial charge in [-0.3, -0.25) is 9.59 Å². The van der Waals surface area contributed by atoms with Crippen molar-refractivity contribution in [2.24, 2.45) is 22.7 Å². The van der Waals surface area contributed by atoms with Crippen LogP contribution in [0.15, 0.2) is 23.3 Å². The van der Waals surface area contributed by atoms with Crippen LogP contribution in [0.25, 0.3) is 0 Å². The Morgan fingerprint density at radius 2 is 1.86 bits per heavy atom. The molecule has 0 bridgehead atoms. The van der Waals surface area contributed by atoms with Crippen LogP contribution in [-0.2, 0) is 19.1 Å². The first-order chi connectivity index (χ1) is 13.0. The van der Waals surface area contributed by atoms with Crippen LogP contribution in [0.4, 0.5) is 0 Å². The van der Waals surface area contributed by atoms with Crippen molar-refractivity contribution in [3.05, 3.63) is 23.3 Å². The zero-order chi connectivity index (χ0) is 21.1. The summed E-state index contributed by atoms with van der Waals surface area (Å²) >= 11 is 0. The Balaban J connectivity index is 2.14. The molecular weight excluding hydrogens is 352 g/mol. The number of allylic oxidation sites excluding steroid dienone is 3. The highest BCUT2D eigenvalue weighted by molar-refractivity contribution is 5.66. The first kappa shape index (κ1) is 22.7. The molecule has 1 fully saturated rings. The first-order valence-corrected chi connectivity index (χ1v) is 10.6. The molecular formula is C24H38O4. The summed E-state index contributed by atoms with van der Waals surface area (Å²) in [5.41, 5.74) is 2.95. The summed E-state index contributed by atoms with van der Waals surface area (Å²) in [6.45, 7) is 14.7. The van der Waals surface area contributed by atoms with Crippen LogP contribution in [0.5, 0.6) is 0 Å². The summed E-state index contributed by atoms with van der Waals surface area (Å²) in [4.78, 5) is 22.5. The van der Waals surface area contributed by atoms with Crippen molar-refractivity contribution < 1.29 is 19.1 Å². The molecule has 4 heteroatoms. The molecule has 0 spiro atoms. The molecule has 0 saturated heterocycles. The van der Waals surface area contributed by atoms with Crippen LogP contribution < -0.4 is 0 Å². The average Bonchev–Trinajstić information content (AvgIpc) is 2.56. The highest BCUT2D eigenvalue weighted by Crippen LogP contribution is 2.61. The lowest BCUT2D eigenvalue weighted by molar-refractivity contribution is -0.171. The molecule has 28 heavy (non-hydrogen) atoms. The van der Waals surface area contributed by atoms with Crippen LogP contribution in [0.2, 0.25) is 0 Å². The largest absolute Gasteiger partial charge is 0.462 e. The number of fused-ring (bicyclic) bond motifs is 1. The monoisotopic (exact) mass is 390 g/mol. The van der Waals surface area contributed by atoms with Crippen LogP contribution in [0, 0.1) is 22.7 Å². The third-order valence-electron chi connectivity index (χ3n) is 7.34. The fraction of sp³-hybridized carbons (Fsp3) is 0.750. The van der Waals surface area contributed by atoms with E-state index < -0.39 is 0 Å². The normalized spacial score (nSPS) is 32.2. The van der Waals surface area contributed by atoms with Gasteiger partial charge in [0.15, 0.2) is 0 Å². The van der Waals surface area contributed by atoms with E-state index in [0.29, 0.717) is 18.4 Å². The van der Waals surface area contributed by atoms with Gasteiger partial charge in [0.2, 0.25) is 0 Å². The number of ether oxygens (including phenoxy) is 2. The van der Waals surface area contributed by atoms with E-state index in [2.05, 4.69) is 40.7 Å². The number of hydrogen-bond donors (Lipinski definition) is 0. The van der Waals surface area contributed by atoms with E-state index in [1.54, 1.807) is 0 Å². The van der Waals surface area contributed by atoms with Gasteiger partial charge in [-0.15, -0.1) is 0 Å². The van der Waals surface area contributed by atoms with E-state index in [4.69, 9.17) is 9.47 Å². The Kier molecular flexibility index (Phi) is 7.17. The molecule has 0 unspecified atom stereocenters. The Labute approximate surface area is 170 Å². The van der Waals surface area contributed by atoms with E-state index in [9.17, 15) is 9.59 Å². The van der Waals surface area contributed by atoms with Gasteiger partial charge in [0.05, 0.1) is 0 Å². The van der Waals surface area contributed by atoms with Gasteiger partial charge < -0.3 is 9.47 Å². The summed E-state index contributed by atoms with van der Waals surface area (Å²) in [7, 11) is 0. The summed E-state index contributed by atoms with van der Waals surface area (Å²) in [6.07, 6.45) is 9.62. The lowest BCUT2D eigenvalue weighted by Gasteiger charge is -2.59. The molecule has 0 amide bonds. The first-order valence-electron chi connectivity index (χ1n) is 10.6. The molecule has 0 aliphatic heterocycles. The molecule has 0 aromatic rings. The van der Waals surface area contributed by atoms with Gasteiger partial charge in [0.25, 0.3) is 0 Å².